The van der Waals surface area contributed by atoms with Gasteiger partial charge in [-0.15, -0.1) is 0 Å². The molecule has 5 rings (SSSR count). The maximum absolute atomic E-state index is 13.8. The monoisotopic (exact) mass is 638 g/mol. The highest BCUT2D eigenvalue weighted by molar-refractivity contribution is 6.02. The largest absolute Gasteiger partial charge is 0.497 e. The van der Waals surface area contributed by atoms with Gasteiger partial charge in [0, 0.05) is 36.9 Å². The summed E-state index contributed by atoms with van der Waals surface area (Å²) in [7, 11) is 3.62. The summed E-state index contributed by atoms with van der Waals surface area (Å²) in [6.45, 7) is 5.40. The molecular formula is C37H42N4O6. The van der Waals surface area contributed by atoms with Gasteiger partial charge in [-0.2, -0.15) is 0 Å². The van der Waals surface area contributed by atoms with Gasteiger partial charge in [-0.25, -0.2) is 4.79 Å². The van der Waals surface area contributed by atoms with E-state index < -0.39 is 12.1 Å². The number of carbonyl (C=O) groups is 2. The zero-order valence-electron chi connectivity index (χ0n) is 27.2. The minimum absolute atomic E-state index is 0.0294. The van der Waals surface area contributed by atoms with E-state index in [1.54, 1.807) is 54.5 Å². The number of para-hydroxylation sites is 1. The van der Waals surface area contributed by atoms with E-state index in [0.29, 0.717) is 48.1 Å². The van der Waals surface area contributed by atoms with Crippen LogP contribution in [0.15, 0.2) is 97.1 Å². The van der Waals surface area contributed by atoms with E-state index in [1.807, 2.05) is 56.4 Å². The molecule has 0 saturated heterocycles. The Morgan fingerprint density at radius 1 is 0.957 bits per heavy atom. The zero-order chi connectivity index (χ0) is 33.3. The normalized spacial score (nSPS) is 16.7. The third-order valence-electron chi connectivity index (χ3n) is 8.12. The topological polar surface area (TPSA) is 113 Å². The maximum atomic E-state index is 13.8. The lowest BCUT2D eigenvalue weighted by molar-refractivity contribution is 0.0341. The highest BCUT2D eigenvalue weighted by Crippen LogP contribution is 2.31. The summed E-state index contributed by atoms with van der Waals surface area (Å²) in [4.78, 5) is 30.5. The molecule has 4 aromatic rings. The highest BCUT2D eigenvalue weighted by Gasteiger charge is 2.33. The summed E-state index contributed by atoms with van der Waals surface area (Å²) in [6, 6.07) is 28.9. The Balaban J connectivity index is 1.29. The number of anilines is 2. The van der Waals surface area contributed by atoms with Crippen molar-refractivity contribution in [2.45, 2.75) is 32.5 Å². The van der Waals surface area contributed by atoms with E-state index in [1.165, 1.54) is 0 Å². The maximum Gasteiger partial charge on any atom is 0.323 e. The van der Waals surface area contributed by atoms with Gasteiger partial charge in [0.2, 0.25) is 0 Å². The molecular weight excluding hydrogens is 596 g/mol. The smallest absolute Gasteiger partial charge is 0.323 e. The SMILES string of the molecule is COc1ccc(NC(=O)Nc2ccc3c(c2)C(=O)N([C@H](C)CO)C[C@H](C)[C@H](CN(C)Cc2ccc(Oc4ccccc4)cc2)O3)cc1. The Morgan fingerprint density at radius 3 is 2.28 bits per heavy atom. The summed E-state index contributed by atoms with van der Waals surface area (Å²) in [5, 5.41) is 15.6. The van der Waals surface area contributed by atoms with E-state index in [0.717, 1.165) is 17.1 Å². The minimum atomic E-state index is -0.456. The van der Waals surface area contributed by atoms with Gasteiger partial charge in [0.15, 0.2) is 0 Å². The van der Waals surface area contributed by atoms with E-state index in [-0.39, 0.29) is 24.5 Å². The van der Waals surface area contributed by atoms with Crippen LogP contribution >= 0.6 is 0 Å². The molecule has 10 heteroatoms. The van der Waals surface area contributed by atoms with Crippen LogP contribution in [-0.4, -0.2) is 72.8 Å². The van der Waals surface area contributed by atoms with Gasteiger partial charge in [-0.3, -0.25) is 9.69 Å². The van der Waals surface area contributed by atoms with Crippen LogP contribution in [0.2, 0.25) is 0 Å². The van der Waals surface area contributed by atoms with Crippen LogP contribution in [-0.2, 0) is 6.54 Å². The second kappa shape index (κ2) is 15.5. The first kappa shape index (κ1) is 33.3. The number of nitrogens with zero attached hydrogens (tertiary/aromatic N) is 2. The lowest BCUT2D eigenvalue weighted by Crippen LogP contribution is -2.49. The predicted octanol–water partition coefficient (Wildman–Crippen LogP) is 6.48. The molecule has 0 saturated carbocycles. The van der Waals surface area contributed by atoms with Crippen molar-refractivity contribution >= 4 is 23.3 Å². The molecule has 0 fully saturated rings. The van der Waals surface area contributed by atoms with Gasteiger partial charge in [-0.1, -0.05) is 37.3 Å². The van der Waals surface area contributed by atoms with Crippen molar-refractivity contribution in [3.8, 4) is 23.0 Å². The molecule has 10 nitrogen and oxygen atoms in total. The Hall–Kier alpha value is -5.06. The summed E-state index contributed by atoms with van der Waals surface area (Å²) in [5.74, 6) is 2.37. The first-order chi connectivity index (χ1) is 22.7. The summed E-state index contributed by atoms with van der Waals surface area (Å²) in [5.41, 5.74) is 2.47. The molecule has 0 aromatic heterocycles. The number of amides is 3. The van der Waals surface area contributed by atoms with Crippen molar-refractivity contribution in [3.63, 3.8) is 0 Å². The highest BCUT2D eigenvalue weighted by atomic mass is 16.5. The molecule has 0 radical (unpaired) electrons. The Kier molecular flexibility index (Phi) is 11.0. The average molecular weight is 639 g/mol. The number of aliphatic hydroxyl groups is 1. The number of ether oxygens (including phenoxy) is 3. The van der Waals surface area contributed by atoms with Crippen molar-refractivity contribution in [1.82, 2.24) is 9.80 Å². The van der Waals surface area contributed by atoms with Crippen molar-refractivity contribution < 1.29 is 28.9 Å². The van der Waals surface area contributed by atoms with E-state index in [9.17, 15) is 14.7 Å². The summed E-state index contributed by atoms with van der Waals surface area (Å²) >= 11 is 0. The van der Waals surface area contributed by atoms with E-state index in [4.69, 9.17) is 14.2 Å². The number of rotatable bonds is 11. The third-order valence-corrected chi connectivity index (χ3v) is 8.12. The van der Waals surface area contributed by atoms with Crippen LogP contribution in [0, 0.1) is 5.92 Å². The molecule has 3 N–H and O–H groups in total. The number of likely N-dealkylation sites (N-methyl/N-ethyl adjacent to an activating group) is 1. The number of benzene rings is 4. The fourth-order valence-corrected chi connectivity index (χ4v) is 5.46. The molecule has 47 heavy (non-hydrogen) atoms. The lowest BCUT2D eigenvalue weighted by Gasteiger charge is -2.38. The number of hydrogen-bond acceptors (Lipinski definition) is 7. The van der Waals surface area contributed by atoms with Gasteiger partial charge in [-0.05, 0) is 86.3 Å². The number of urea groups is 1. The van der Waals surface area contributed by atoms with E-state index in [2.05, 4.69) is 34.6 Å². The second-order valence-electron chi connectivity index (χ2n) is 11.9. The van der Waals surface area contributed by atoms with Crippen molar-refractivity contribution in [1.29, 1.82) is 0 Å². The van der Waals surface area contributed by atoms with Crippen LogP contribution in [0.4, 0.5) is 16.2 Å². The van der Waals surface area contributed by atoms with Crippen LogP contribution in [0.1, 0.15) is 29.8 Å². The second-order valence-corrected chi connectivity index (χ2v) is 11.9. The fourth-order valence-electron chi connectivity index (χ4n) is 5.46. The Morgan fingerprint density at radius 2 is 1.60 bits per heavy atom. The van der Waals surface area contributed by atoms with Gasteiger partial charge < -0.3 is 34.9 Å². The minimum Gasteiger partial charge on any atom is -0.497 e. The molecule has 3 amide bonds. The molecule has 3 atom stereocenters. The number of carbonyl (C=O) groups excluding carboxylic acids is 2. The zero-order valence-corrected chi connectivity index (χ0v) is 27.2. The third kappa shape index (κ3) is 8.81. The number of fused-ring (bicyclic) bond motifs is 1. The van der Waals surface area contributed by atoms with Crippen LogP contribution in [0.25, 0.3) is 0 Å². The first-order valence-corrected chi connectivity index (χ1v) is 15.7. The van der Waals surface area contributed by atoms with Gasteiger partial charge in [0.25, 0.3) is 5.91 Å². The van der Waals surface area contributed by atoms with Gasteiger partial charge >= 0.3 is 6.03 Å². The first-order valence-electron chi connectivity index (χ1n) is 15.7. The molecule has 1 heterocycles. The van der Waals surface area contributed by atoms with E-state index >= 15 is 0 Å². The molecule has 0 bridgehead atoms. The summed E-state index contributed by atoms with van der Waals surface area (Å²) in [6.07, 6.45) is -0.252. The van der Waals surface area contributed by atoms with Crippen molar-refractivity contribution in [2.24, 2.45) is 5.92 Å². The number of nitrogens with one attached hydrogen (secondary N) is 2. The van der Waals surface area contributed by atoms with Gasteiger partial charge in [0.05, 0.1) is 25.3 Å². The molecule has 246 valence electrons. The van der Waals surface area contributed by atoms with Crippen LogP contribution in [0.3, 0.4) is 0 Å². The quantitative estimate of drug-likeness (QED) is 0.172. The standard InChI is InChI=1S/C37H42N4O6/c1-25-21-41(26(2)24-42)36(43)33-20-29(39-37(44)38-28-12-17-30(45-4)18-13-28)14-19-34(33)47-35(25)23-40(3)22-27-10-15-32(16-11-27)46-31-8-6-5-7-9-31/h5-20,25-26,35,42H,21-24H2,1-4H3,(H2,38,39,44)/t25-,26+,35-/m0/s1. The van der Waals surface area contributed by atoms with Crippen LogP contribution in [0.5, 0.6) is 23.0 Å². The summed E-state index contributed by atoms with van der Waals surface area (Å²) < 4.78 is 17.6. The van der Waals surface area contributed by atoms with Crippen LogP contribution < -0.4 is 24.8 Å². The number of hydrogen-bond donors (Lipinski definition) is 3. The predicted molar refractivity (Wildman–Crippen MR) is 183 cm³/mol. The average Bonchev–Trinajstić information content (AvgIpc) is 3.08. The van der Waals surface area contributed by atoms with Gasteiger partial charge in [0.1, 0.15) is 29.1 Å². The Bertz CT molecular complexity index is 1630. The molecule has 0 aliphatic carbocycles. The Labute approximate surface area is 275 Å². The van der Waals surface area contributed by atoms with Crippen molar-refractivity contribution in [3.05, 3.63) is 108 Å². The molecule has 1 aliphatic rings. The molecule has 1 aliphatic heterocycles. The molecule has 4 aromatic carbocycles. The number of methoxy groups -OCH3 is 1. The lowest BCUT2D eigenvalue weighted by atomic mass is 9.99. The fraction of sp³-hybridized carbons (Fsp3) is 0.297. The van der Waals surface area contributed by atoms with Crippen molar-refractivity contribution in [2.75, 3.05) is 44.5 Å². The molecule has 0 spiro atoms. The molecule has 0 unspecified atom stereocenters. The number of aliphatic hydroxyl groups excluding tert-OH is 1.